The van der Waals surface area contributed by atoms with E-state index in [4.69, 9.17) is 10.6 Å². The highest BCUT2D eigenvalue weighted by atomic mass is 19.1. The molecule has 1 rings (SSSR count). The molecule has 0 heterocycles. The minimum atomic E-state index is -0.285. The predicted molar refractivity (Wildman–Crippen MR) is 58.2 cm³/mol. The van der Waals surface area contributed by atoms with Crippen LogP contribution in [0.15, 0.2) is 18.2 Å². The lowest BCUT2D eigenvalue weighted by Gasteiger charge is -2.08. The molecule has 0 aliphatic rings. The molecule has 0 spiro atoms. The van der Waals surface area contributed by atoms with Gasteiger partial charge in [0.2, 0.25) is 5.91 Å². The highest BCUT2D eigenvalue weighted by molar-refractivity contribution is 5.75. The van der Waals surface area contributed by atoms with Crippen molar-refractivity contribution < 1.29 is 13.9 Å². The van der Waals surface area contributed by atoms with Crippen LogP contribution in [0.1, 0.15) is 18.4 Å². The molecule has 1 aromatic rings. The summed E-state index contributed by atoms with van der Waals surface area (Å²) in [6.07, 6.45) is 0.886. The largest absolute Gasteiger partial charge is 0.493 e. The molecule has 0 aliphatic heterocycles. The van der Waals surface area contributed by atoms with Crippen LogP contribution in [0.2, 0.25) is 0 Å². The van der Waals surface area contributed by atoms with E-state index >= 15 is 0 Å². The van der Waals surface area contributed by atoms with Gasteiger partial charge in [0, 0.05) is 6.42 Å². The normalized spacial score (nSPS) is 9.94. The summed E-state index contributed by atoms with van der Waals surface area (Å²) in [5.41, 5.74) is 2.78. The highest BCUT2D eigenvalue weighted by Gasteiger charge is 2.02. The Bertz CT molecular complexity index is 369. The SMILES string of the molecule is Cc1cc(F)ccc1OCCCC(=O)NN. The zero-order valence-electron chi connectivity index (χ0n) is 9.13. The van der Waals surface area contributed by atoms with Crippen LogP contribution in [0.3, 0.4) is 0 Å². The van der Waals surface area contributed by atoms with Gasteiger partial charge in [-0.1, -0.05) is 0 Å². The number of rotatable bonds is 5. The molecule has 0 saturated heterocycles. The Labute approximate surface area is 93.6 Å². The van der Waals surface area contributed by atoms with Gasteiger partial charge in [-0.05, 0) is 37.1 Å². The first-order chi connectivity index (χ1) is 7.63. The monoisotopic (exact) mass is 226 g/mol. The number of aryl methyl sites for hydroxylation is 1. The van der Waals surface area contributed by atoms with Crippen LogP contribution in [0, 0.1) is 12.7 Å². The summed E-state index contributed by atoms with van der Waals surface area (Å²) in [5.74, 6) is 5.05. The lowest BCUT2D eigenvalue weighted by atomic mass is 10.2. The first-order valence-corrected chi connectivity index (χ1v) is 5.02. The van der Waals surface area contributed by atoms with Gasteiger partial charge < -0.3 is 4.74 Å². The van der Waals surface area contributed by atoms with Gasteiger partial charge >= 0.3 is 0 Å². The Hall–Kier alpha value is -1.62. The van der Waals surface area contributed by atoms with Crippen molar-refractivity contribution in [3.05, 3.63) is 29.6 Å². The standard InChI is InChI=1S/C11H15FN2O2/c1-8-7-9(12)4-5-10(8)16-6-2-3-11(15)14-13/h4-5,7H,2-3,6,13H2,1H3,(H,14,15). The van der Waals surface area contributed by atoms with Gasteiger partial charge in [-0.15, -0.1) is 0 Å². The molecular weight excluding hydrogens is 211 g/mol. The molecule has 4 nitrogen and oxygen atoms in total. The number of hydrogen-bond acceptors (Lipinski definition) is 3. The number of nitrogens with one attached hydrogen (secondary N) is 1. The van der Waals surface area contributed by atoms with Crippen LogP contribution in [0.5, 0.6) is 5.75 Å². The van der Waals surface area contributed by atoms with Crippen LogP contribution < -0.4 is 16.0 Å². The molecular formula is C11H15FN2O2. The fraction of sp³-hybridized carbons (Fsp3) is 0.364. The van der Waals surface area contributed by atoms with E-state index in [1.165, 1.54) is 12.1 Å². The third-order valence-corrected chi connectivity index (χ3v) is 2.10. The second-order valence-electron chi connectivity index (χ2n) is 3.43. The summed E-state index contributed by atoms with van der Waals surface area (Å²) < 4.78 is 18.2. The first-order valence-electron chi connectivity index (χ1n) is 5.02. The maximum Gasteiger partial charge on any atom is 0.234 e. The second-order valence-corrected chi connectivity index (χ2v) is 3.43. The average molecular weight is 226 g/mol. The van der Waals surface area contributed by atoms with Crippen molar-refractivity contribution in [2.45, 2.75) is 19.8 Å². The molecule has 0 radical (unpaired) electrons. The van der Waals surface area contributed by atoms with Crippen molar-refractivity contribution in [1.29, 1.82) is 0 Å². The smallest absolute Gasteiger partial charge is 0.234 e. The molecule has 3 N–H and O–H groups in total. The Kier molecular flexibility index (Phi) is 4.72. The van der Waals surface area contributed by atoms with Crippen LogP contribution in [-0.2, 0) is 4.79 Å². The maximum absolute atomic E-state index is 12.8. The van der Waals surface area contributed by atoms with Gasteiger partial charge in [0.15, 0.2) is 0 Å². The maximum atomic E-state index is 12.8. The Morgan fingerprint density at radius 1 is 1.56 bits per heavy atom. The molecule has 0 aliphatic carbocycles. The Morgan fingerprint density at radius 3 is 2.94 bits per heavy atom. The van der Waals surface area contributed by atoms with E-state index < -0.39 is 0 Å². The Balaban J connectivity index is 2.35. The zero-order valence-corrected chi connectivity index (χ0v) is 9.13. The van der Waals surface area contributed by atoms with Gasteiger partial charge in [0.05, 0.1) is 6.61 Å². The van der Waals surface area contributed by atoms with Crippen LogP contribution in [0.25, 0.3) is 0 Å². The molecule has 1 aromatic carbocycles. The number of benzene rings is 1. The molecule has 0 atom stereocenters. The minimum absolute atomic E-state index is 0.223. The molecule has 16 heavy (non-hydrogen) atoms. The average Bonchev–Trinajstić information content (AvgIpc) is 2.26. The summed E-state index contributed by atoms with van der Waals surface area (Å²) in [6, 6.07) is 4.32. The lowest BCUT2D eigenvalue weighted by molar-refractivity contribution is -0.121. The van der Waals surface area contributed by atoms with Crippen molar-refractivity contribution in [2.75, 3.05) is 6.61 Å². The van der Waals surface area contributed by atoms with Gasteiger partial charge in [-0.25, -0.2) is 10.2 Å². The number of carbonyl (C=O) groups excluding carboxylic acids is 1. The van der Waals surface area contributed by atoms with Crippen LogP contribution in [-0.4, -0.2) is 12.5 Å². The van der Waals surface area contributed by atoms with E-state index in [0.717, 1.165) is 5.56 Å². The number of carbonyl (C=O) groups is 1. The minimum Gasteiger partial charge on any atom is -0.493 e. The van der Waals surface area contributed by atoms with Gasteiger partial charge in [-0.2, -0.15) is 0 Å². The number of nitrogens with two attached hydrogens (primary N) is 1. The van der Waals surface area contributed by atoms with Crippen molar-refractivity contribution >= 4 is 5.91 Å². The van der Waals surface area contributed by atoms with Crippen molar-refractivity contribution in [3.8, 4) is 5.75 Å². The quantitative estimate of drug-likeness (QED) is 0.344. The van der Waals surface area contributed by atoms with Gasteiger partial charge in [0.1, 0.15) is 11.6 Å². The fourth-order valence-corrected chi connectivity index (χ4v) is 1.26. The lowest BCUT2D eigenvalue weighted by Crippen LogP contribution is -2.29. The molecule has 0 aromatic heterocycles. The number of ether oxygens (including phenoxy) is 1. The summed E-state index contributed by atoms with van der Waals surface area (Å²) in [5, 5.41) is 0. The second kappa shape index (κ2) is 6.07. The summed E-state index contributed by atoms with van der Waals surface area (Å²) in [6.45, 7) is 2.17. The van der Waals surface area contributed by atoms with Crippen molar-refractivity contribution in [1.82, 2.24) is 5.43 Å². The third-order valence-electron chi connectivity index (χ3n) is 2.10. The molecule has 0 fully saturated rings. The summed E-state index contributed by atoms with van der Waals surface area (Å²) in [7, 11) is 0. The Morgan fingerprint density at radius 2 is 2.31 bits per heavy atom. The van der Waals surface area contributed by atoms with E-state index in [2.05, 4.69) is 0 Å². The number of halogens is 1. The number of amides is 1. The van der Waals surface area contributed by atoms with Crippen LogP contribution in [0.4, 0.5) is 4.39 Å². The molecule has 0 bridgehead atoms. The van der Waals surface area contributed by atoms with Gasteiger partial charge in [0.25, 0.3) is 0 Å². The van der Waals surface area contributed by atoms with Crippen molar-refractivity contribution in [2.24, 2.45) is 5.84 Å². The van der Waals surface area contributed by atoms with E-state index in [1.807, 2.05) is 5.43 Å². The molecule has 0 saturated carbocycles. The molecule has 5 heteroatoms. The molecule has 1 amide bonds. The van der Waals surface area contributed by atoms with E-state index in [9.17, 15) is 9.18 Å². The molecule has 0 unspecified atom stereocenters. The van der Waals surface area contributed by atoms with E-state index in [1.54, 1.807) is 13.0 Å². The van der Waals surface area contributed by atoms with E-state index in [-0.39, 0.29) is 11.7 Å². The van der Waals surface area contributed by atoms with Crippen LogP contribution >= 0.6 is 0 Å². The number of hydrazine groups is 1. The third kappa shape index (κ3) is 3.86. The summed E-state index contributed by atoms with van der Waals surface area (Å²) >= 11 is 0. The van der Waals surface area contributed by atoms with E-state index in [0.29, 0.717) is 25.2 Å². The summed E-state index contributed by atoms with van der Waals surface area (Å²) in [4.78, 5) is 10.8. The molecule has 88 valence electrons. The predicted octanol–water partition coefficient (Wildman–Crippen LogP) is 1.28. The zero-order chi connectivity index (χ0) is 12.0. The topological polar surface area (TPSA) is 64.3 Å². The van der Waals surface area contributed by atoms with Crippen molar-refractivity contribution in [3.63, 3.8) is 0 Å². The number of hydrogen-bond donors (Lipinski definition) is 2. The fourth-order valence-electron chi connectivity index (χ4n) is 1.26. The highest BCUT2D eigenvalue weighted by Crippen LogP contribution is 2.18. The van der Waals surface area contributed by atoms with Gasteiger partial charge in [-0.3, -0.25) is 10.2 Å². The first kappa shape index (κ1) is 12.4.